The van der Waals surface area contributed by atoms with E-state index in [1.807, 2.05) is 17.5 Å². The van der Waals surface area contributed by atoms with Crippen LogP contribution in [0.4, 0.5) is 5.69 Å². The second kappa shape index (κ2) is 8.01. The number of thiophene rings is 1. The van der Waals surface area contributed by atoms with Crippen LogP contribution in [0.1, 0.15) is 17.9 Å². The zero-order valence-corrected chi connectivity index (χ0v) is 15.9. The molecule has 0 bridgehead atoms. The molecule has 0 amide bonds. The maximum atomic E-state index is 5.38. The fourth-order valence-electron chi connectivity index (χ4n) is 3.37. The fraction of sp³-hybridized carbons (Fsp3) is 0.400. The predicted molar refractivity (Wildman–Crippen MR) is 106 cm³/mol. The Morgan fingerprint density at radius 2 is 2.00 bits per heavy atom. The van der Waals surface area contributed by atoms with Crippen LogP contribution >= 0.6 is 11.3 Å². The van der Waals surface area contributed by atoms with Gasteiger partial charge in [0, 0.05) is 38.3 Å². The number of nitrogens with zero attached hydrogens (tertiary/aromatic N) is 4. The van der Waals surface area contributed by atoms with Crippen molar-refractivity contribution in [1.82, 2.24) is 15.0 Å². The van der Waals surface area contributed by atoms with E-state index >= 15 is 0 Å². The number of rotatable bonds is 6. The number of piperazine rings is 1. The van der Waals surface area contributed by atoms with Gasteiger partial charge < -0.3 is 9.42 Å². The molecule has 1 aliphatic heterocycles. The largest absolute Gasteiger partial charge is 0.369 e. The molecule has 136 valence electrons. The van der Waals surface area contributed by atoms with Gasteiger partial charge in [-0.1, -0.05) is 23.4 Å². The van der Waals surface area contributed by atoms with Gasteiger partial charge in [-0.05, 0) is 49.0 Å². The highest BCUT2D eigenvalue weighted by atomic mass is 32.1. The van der Waals surface area contributed by atoms with Crippen molar-refractivity contribution in [3.05, 3.63) is 53.2 Å². The van der Waals surface area contributed by atoms with Crippen molar-refractivity contribution in [3.8, 4) is 10.7 Å². The Morgan fingerprint density at radius 1 is 1.12 bits per heavy atom. The molecular formula is C20H24N4OS. The number of hydrogen-bond donors (Lipinski definition) is 0. The lowest BCUT2D eigenvalue weighted by Gasteiger charge is -2.36. The summed E-state index contributed by atoms with van der Waals surface area (Å²) in [7, 11) is 0. The second-order valence-corrected chi connectivity index (χ2v) is 7.71. The van der Waals surface area contributed by atoms with E-state index in [0.717, 1.165) is 56.3 Å². The summed E-state index contributed by atoms with van der Waals surface area (Å²) in [6, 6.07) is 12.8. The van der Waals surface area contributed by atoms with Crippen molar-refractivity contribution >= 4 is 17.0 Å². The second-order valence-electron chi connectivity index (χ2n) is 6.76. The summed E-state index contributed by atoms with van der Waals surface area (Å²) in [5.74, 6) is 1.45. The first-order valence-electron chi connectivity index (χ1n) is 9.18. The average molecular weight is 369 g/mol. The van der Waals surface area contributed by atoms with Gasteiger partial charge in [0.05, 0.1) is 4.88 Å². The molecule has 5 nitrogen and oxygen atoms in total. The Morgan fingerprint density at radius 3 is 2.77 bits per heavy atom. The SMILES string of the molecule is Cc1cccc(N2CCN(CCCc3nc(-c4cccs4)no3)CC2)c1. The first-order valence-corrected chi connectivity index (χ1v) is 10.1. The van der Waals surface area contributed by atoms with E-state index in [9.17, 15) is 0 Å². The van der Waals surface area contributed by atoms with E-state index in [0.29, 0.717) is 5.82 Å². The van der Waals surface area contributed by atoms with E-state index in [-0.39, 0.29) is 0 Å². The fourth-order valence-corrected chi connectivity index (χ4v) is 4.02. The van der Waals surface area contributed by atoms with E-state index in [1.54, 1.807) is 11.3 Å². The minimum atomic E-state index is 0.710. The molecule has 0 aliphatic carbocycles. The zero-order valence-electron chi connectivity index (χ0n) is 15.1. The molecule has 3 heterocycles. The lowest BCUT2D eigenvalue weighted by Crippen LogP contribution is -2.46. The van der Waals surface area contributed by atoms with Gasteiger partial charge in [0.1, 0.15) is 0 Å². The van der Waals surface area contributed by atoms with Gasteiger partial charge in [0.25, 0.3) is 0 Å². The molecule has 6 heteroatoms. The molecule has 3 aromatic rings. The minimum absolute atomic E-state index is 0.710. The molecule has 26 heavy (non-hydrogen) atoms. The molecule has 4 rings (SSSR count). The molecule has 0 N–H and O–H groups in total. The van der Waals surface area contributed by atoms with Crippen molar-refractivity contribution in [2.75, 3.05) is 37.6 Å². The van der Waals surface area contributed by atoms with Crippen molar-refractivity contribution in [2.24, 2.45) is 0 Å². The predicted octanol–water partition coefficient (Wildman–Crippen LogP) is 3.86. The summed E-state index contributed by atoms with van der Waals surface area (Å²) >= 11 is 1.64. The molecule has 0 saturated carbocycles. The van der Waals surface area contributed by atoms with Gasteiger partial charge in [-0.2, -0.15) is 4.98 Å². The van der Waals surface area contributed by atoms with Crippen molar-refractivity contribution in [3.63, 3.8) is 0 Å². The molecule has 1 saturated heterocycles. The van der Waals surface area contributed by atoms with Gasteiger partial charge in [0.2, 0.25) is 11.7 Å². The number of benzene rings is 1. The van der Waals surface area contributed by atoms with Crippen LogP contribution in [0.25, 0.3) is 10.7 Å². The maximum absolute atomic E-state index is 5.38. The Kier molecular flexibility index (Phi) is 5.32. The van der Waals surface area contributed by atoms with E-state index in [1.165, 1.54) is 11.3 Å². The molecular weight excluding hydrogens is 344 g/mol. The highest BCUT2D eigenvalue weighted by Crippen LogP contribution is 2.22. The minimum Gasteiger partial charge on any atom is -0.369 e. The van der Waals surface area contributed by atoms with Crippen LogP contribution in [0.15, 0.2) is 46.3 Å². The molecule has 1 aliphatic rings. The standard InChI is InChI=1S/C20H24N4OS/c1-16-5-2-6-17(15-16)24-12-10-23(11-13-24)9-3-8-19-21-20(22-25-19)18-7-4-14-26-18/h2,4-7,14-15H,3,8-13H2,1H3. The van der Waals surface area contributed by atoms with Crippen LogP contribution in [0.2, 0.25) is 0 Å². The van der Waals surface area contributed by atoms with Crippen LogP contribution in [0.5, 0.6) is 0 Å². The van der Waals surface area contributed by atoms with Crippen LogP contribution < -0.4 is 4.90 Å². The summed E-state index contributed by atoms with van der Waals surface area (Å²) in [6.45, 7) is 7.63. The lowest BCUT2D eigenvalue weighted by molar-refractivity contribution is 0.251. The van der Waals surface area contributed by atoms with Crippen LogP contribution in [-0.2, 0) is 6.42 Å². The number of aromatic nitrogens is 2. The molecule has 0 spiro atoms. The monoisotopic (exact) mass is 368 g/mol. The van der Waals surface area contributed by atoms with Crippen molar-refractivity contribution < 1.29 is 4.52 Å². The number of aryl methyl sites for hydroxylation is 2. The summed E-state index contributed by atoms with van der Waals surface area (Å²) < 4.78 is 5.38. The Hall–Kier alpha value is -2.18. The Balaban J connectivity index is 1.22. The average Bonchev–Trinajstić information content (AvgIpc) is 3.34. The smallest absolute Gasteiger partial charge is 0.227 e. The summed E-state index contributed by atoms with van der Waals surface area (Å²) in [5, 5.41) is 6.11. The zero-order chi connectivity index (χ0) is 17.8. The molecule has 0 atom stereocenters. The highest BCUT2D eigenvalue weighted by Gasteiger charge is 2.17. The molecule has 0 radical (unpaired) electrons. The van der Waals surface area contributed by atoms with E-state index in [2.05, 4.69) is 51.1 Å². The van der Waals surface area contributed by atoms with Crippen LogP contribution in [0.3, 0.4) is 0 Å². The molecule has 1 fully saturated rings. The summed E-state index contributed by atoms with van der Waals surface area (Å²) in [6.07, 6.45) is 1.90. The van der Waals surface area contributed by atoms with Gasteiger partial charge in [-0.25, -0.2) is 0 Å². The Bertz CT molecular complexity index is 822. The molecule has 0 unspecified atom stereocenters. The van der Waals surface area contributed by atoms with Gasteiger partial charge >= 0.3 is 0 Å². The lowest BCUT2D eigenvalue weighted by atomic mass is 10.2. The summed E-state index contributed by atoms with van der Waals surface area (Å²) in [5.41, 5.74) is 2.67. The molecule has 1 aromatic carbocycles. The normalized spacial score (nSPS) is 15.5. The summed E-state index contributed by atoms with van der Waals surface area (Å²) in [4.78, 5) is 10.6. The third kappa shape index (κ3) is 4.14. The van der Waals surface area contributed by atoms with Crippen molar-refractivity contribution in [2.45, 2.75) is 19.8 Å². The van der Waals surface area contributed by atoms with Crippen LogP contribution in [-0.4, -0.2) is 47.8 Å². The highest BCUT2D eigenvalue weighted by molar-refractivity contribution is 7.13. The third-order valence-electron chi connectivity index (χ3n) is 4.81. The maximum Gasteiger partial charge on any atom is 0.227 e. The quantitative estimate of drug-likeness (QED) is 0.661. The van der Waals surface area contributed by atoms with Gasteiger partial charge in [-0.15, -0.1) is 11.3 Å². The van der Waals surface area contributed by atoms with Gasteiger partial charge in [0.15, 0.2) is 0 Å². The Labute approximate surface area is 158 Å². The van der Waals surface area contributed by atoms with Crippen molar-refractivity contribution in [1.29, 1.82) is 0 Å². The van der Waals surface area contributed by atoms with E-state index in [4.69, 9.17) is 4.52 Å². The first-order chi connectivity index (χ1) is 12.8. The van der Waals surface area contributed by atoms with Crippen LogP contribution in [0, 0.1) is 6.92 Å². The number of hydrogen-bond acceptors (Lipinski definition) is 6. The first kappa shape index (κ1) is 17.2. The topological polar surface area (TPSA) is 45.4 Å². The van der Waals surface area contributed by atoms with E-state index < -0.39 is 0 Å². The third-order valence-corrected chi connectivity index (χ3v) is 5.68. The van der Waals surface area contributed by atoms with Gasteiger partial charge in [-0.3, -0.25) is 4.90 Å². The molecule has 2 aromatic heterocycles. The number of anilines is 1.